The minimum atomic E-state index is -3.63. The molecule has 0 radical (unpaired) electrons. The van der Waals surface area contributed by atoms with Gasteiger partial charge < -0.3 is 4.90 Å². The number of benzene rings is 3. The van der Waals surface area contributed by atoms with E-state index in [1.54, 1.807) is 17.9 Å². The van der Waals surface area contributed by atoms with Crippen molar-refractivity contribution in [3.63, 3.8) is 0 Å². The Balaban J connectivity index is 1.55. The highest BCUT2D eigenvalue weighted by molar-refractivity contribution is 7.89. The van der Waals surface area contributed by atoms with Crippen molar-refractivity contribution in [2.45, 2.75) is 31.7 Å². The van der Waals surface area contributed by atoms with Crippen LogP contribution in [0.3, 0.4) is 0 Å². The van der Waals surface area contributed by atoms with E-state index < -0.39 is 10.0 Å². The number of carbonyl (C=O) groups excluding carboxylic acids is 1. The number of amides is 1. The van der Waals surface area contributed by atoms with Gasteiger partial charge in [0.15, 0.2) is 0 Å². The molecule has 0 atom stereocenters. The Morgan fingerprint density at radius 1 is 1.00 bits per heavy atom. The summed E-state index contributed by atoms with van der Waals surface area (Å²) in [6.45, 7) is 4.45. The molecule has 3 aromatic carbocycles. The van der Waals surface area contributed by atoms with Gasteiger partial charge in [-0.1, -0.05) is 42.5 Å². The highest BCUT2D eigenvalue weighted by Crippen LogP contribution is 2.30. The van der Waals surface area contributed by atoms with Gasteiger partial charge in [-0.25, -0.2) is 13.1 Å². The average molecular weight is 421 g/mol. The molecule has 4 rings (SSSR count). The van der Waals surface area contributed by atoms with Crippen LogP contribution in [0, 0.1) is 13.8 Å². The van der Waals surface area contributed by atoms with Crippen LogP contribution < -0.4 is 9.62 Å². The lowest BCUT2D eigenvalue weighted by Gasteiger charge is -2.18. The van der Waals surface area contributed by atoms with E-state index >= 15 is 0 Å². The Bertz CT molecular complexity index is 1200. The zero-order valence-corrected chi connectivity index (χ0v) is 17.9. The van der Waals surface area contributed by atoms with Crippen LogP contribution in [0.25, 0.3) is 0 Å². The average Bonchev–Trinajstić information content (AvgIpc) is 3.17. The molecule has 5 nitrogen and oxygen atoms in total. The van der Waals surface area contributed by atoms with Crippen LogP contribution >= 0.6 is 0 Å². The lowest BCUT2D eigenvalue weighted by molar-refractivity contribution is 0.0989. The third-order valence-corrected chi connectivity index (χ3v) is 6.95. The molecule has 3 aromatic rings. The molecular formula is C24H24N2O3S. The standard InChI is InChI=1S/C24H24N2O3S/c1-17-8-9-18(2)23(14-17)30(28,29)25-16-19-10-11-20-12-13-26(22(20)15-19)24(27)21-6-4-3-5-7-21/h3-11,14-15,25H,12-13,16H2,1-2H3. The van der Waals surface area contributed by atoms with E-state index in [4.69, 9.17) is 0 Å². The van der Waals surface area contributed by atoms with Gasteiger partial charge in [0.05, 0.1) is 4.90 Å². The molecule has 0 aromatic heterocycles. The Morgan fingerprint density at radius 3 is 2.53 bits per heavy atom. The van der Waals surface area contributed by atoms with Gasteiger partial charge in [-0.3, -0.25) is 4.79 Å². The summed E-state index contributed by atoms with van der Waals surface area (Å²) in [6, 6.07) is 20.4. The molecule has 0 saturated carbocycles. The third-order valence-electron chi connectivity index (χ3n) is 5.41. The third kappa shape index (κ3) is 4.01. The minimum Gasteiger partial charge on any atom is -0.308 e. The number of anilines is 1. The van der Waals surface area contributed by atoms with Crippen molar-refractivity contribution in [2.75, 3.05) is 11.4 Å². The molecule has 0 fully saturated rings. The van der Waals surface area contributed by atoms with Gasteiger partial charge in [-0.05, 0) is 66.8 Å². The molecule has 1 aliphatic rings. The lowest BCUT2D eigenvalue weighted by atomic mass is 10.1. The van der Waals surface area contributed by atoms with Crippen molar-refractivity contribution >= 4 is 21.6 Å². The summed E-state index contributed by atoms with van der Waals surface area (Å²) in [4.78, 5) is 15.0. The molecule has 1 amide bonds. The van der Waals surface area contributed by atoms with Gasteiger partial charge >= 0.3 is 0 Å². The number of aryl methyl sites for hydroxylation is 2. The van der Waals surface area contributed by atoms with Gasteiger partial charge in [0.2, 0.25) is 10.0 Å². The highest BCUT2D eigenvalue weighted by Gasteiger charge is 2.26. The van der Waals surface area contributed by atoms with Crippen molar-refractivity contribution in [3.8, 4) is 0 Å². The molecule has 0 unspecified atom stereocenters. The first-order chi connectivity index (χ1) is 14.3. The number of rotatable bonds is 5. The topological polar surface area (TPSA) is 66.5 Å². The molecular weight excluding hydrogens is 396 g/mol. The molecule has 0 bridgehead atoms. The summed E-state index contributed by atoms with van der Waals surface area (Å²) in [6.07, 6.45) is 0.794. The molecule has 30 heavy (non-hydrogen) atoms. The molecule has 1 aliphatic heterocycles. The van der Waals surface area contributed by atoms with E-state index in [9.17, 15) is 13.2 Å². The summed E-state index contributed by atoms with van der Waals surface area (Å²) >= 11 is 0. The molecule has 0 aliphatic carbocycles. The Hall–Kier alpha value is -2.96. The fraction of sp³-hybridized carbons (Fsp3) is 0.208. The van der Waals surface area contributed by atoms with Crippen LogP contribution in [0.1, 0.15) is 32.6 Å². The highest BCUT2D eigenvalue weighted by atomic mass is 32.2. The maximum atomic E-state index is 12.9. The van der Waals surface area contributed by atoms with E-state index in [0.29, 0.717) is 22.6 Å². The maximum absolute atomic E-state index is 12.9. The first kappa shape index (κ1) is 20.3. The molecule has 6 heteroatoms. The first-order valence-electron chi connectivity index (χ1n) is 9.91. The van der Waals surface area contributed by atoms with Crippen LogP contribution in [-0.2, 0) is 23.0 Å². The summed E-state index contributed by atoms with van der Waals surface area (Å²) in [5.41, 5.74) is 5.02. The van der Waals surface area contributed by atoms with Gasteiger partial charge in [-0.15, -0.1) is 0 Å². The number of hydrogen-bond donors (Lipinski definition) is 1. The number of carbonyl (C=O) groups is 1. The normalized spacial score (nSPS) is 13.3. The smallest absolute Gasteiger partial charge is 0.258 e. The van der Waals surface area contributed by atoms with Crippen molar-refractivity contribution < 1.29 is 13.2 Å². The number of fused-ring (bicyclic) bond motifs is 1. The van der Waals surface area contributed by atoms with Crippen molar-refractivity contribution in [2.24, 2.45) is 0 Å². The Morgan fingerprint density at radius 2 is 1.77 bits per heavy atom. The molecule has 1 N–H and O–H groups in total. The zero-order chi connectivity index (χ0) is 21.3. The predicted octanol–water partition coefficient (Wildman–Crippen LogP) is 3.98. The molecule has 1 heterocycles. The zero-order valence-electron chi connectivity index (χ0n) is 17.1. The first-order valence-corrected chi connectivity index (χ1v) is 11.4. The fourth-order valence-corrected chi connectivity index (χ4v) is 5.08. The largest absolute Gasteiger partial charge is 0.308 e. The van der Waals surface area contributed by atoms with Crippen LogP contribution in [0.5, 0.6) is 0 Å². The lowest BCUT2D eigenvalue weighted by Crippen LogP contribution is -2.29. The van der Waals surface area contributed by atoms with Crippen LogP contribution in [-0.4, -0.2) is 20.9 Å². The van der Waals surface area contributed by atoms with Gasteiger partial charge in [0.25, 0.3) is 5.91 Å². The SMILES string of the molecule is Cc1ccc(C)c(S(=O)(=O)NCc2ccc3c(c2)N(C(=O)c2ccccc2)CC3)c1. The van der Waals surface area contributed by atoms with Crippen molar-refractivity contribution in [1.29, 1.82) is 0 Å². The fourth-order valence-electron chi connectivity index (χ4n) is 3.74. The van der Waals surface area contributed by atoms with Gasteiger partial charge in [0, 0.05) is 24.3 Å². The van der Waals surface area contributed by atoms with E-state index in [2.05, 4.69) is 4.72 Å². The van der Waals surface area contributed by atoms with E-state index in [0.717, 1.165) is 28.8 Å². The van der Waals surface area contributed by atoms with E-state index in [1.165, 1.54) is 0 Å². The number of nitrogens with one attached hydrogen (secondary N) is 1. The quantitative estimate of drug-likeness (QED) is 0.679. The van der Waals surface area contributed by atoms with Gasteiger partial charge in [-0.2, -0.15) is 0 Å². The van der Waals surface area contributed by atoms with Gasteiger partial charge in [0.1, 0.15) is 0 Å². The maximum Gasteiger partial charge on any atom is 0.258 e. The van der Waals surface area contributed by atoms with E-state index in [1.807, 2.05) is 67.6 Å². The minimum absolute atomic E-state index is 0.0394. The monoisotopic (exact) mass is 420 g/mol. The molecule has 0 spiro atoms. The summed E-state index contributed by atoms with van der Waals surface area (Å²) in [5.74, 6) is -0.0394. The molecule has 0 saturated heterocycles. The van der Waals surface area contributed by atoms with Crippen LogP contribution in [0.4, 0.5) is 5.69 Å². The summed E-state index contributed by atoms with van der Waals surface area (Å²) < 4.78 is 28.3. The Kier molecular flexibility index (Phi) is 5.45. The van der Waals surface area contributed by atoms with E-state index in [-0.39, 0.29) is 12.5 Å². The number of sulfonamides is 1. The van der Waals surface area contributed by atoms with Crippen LogP contribution in [0.2, 0.25) is 0 Å². The molecule has 154 valence electrons. The Labute approximate surface area is 177 Å². The summed E-state index contributed by atoms with van der Waals surface area (Å²) in [5, 5.41) is 0. The second kappa shape index (κ2) is 8.05. The number of hydrogen-bond acceptors (Lipinski definition) is 3. The second-order valence-corrected chi connectivity index (χ2v) is 9.36. The van der Waals surface area contributed by atoms with Crippen LogP contribution in [0.15, 0.2) is 71.6 Å². The number of nitrogens with zero attached hydrogens (tertiary/aromatic N) is 1. The summed E-state index contributed by atoms with van der Waals surface area (Å²) in [7, 11) is -3.63. The second-order valence-electron chi connectivity index (χ2n) is 7.63. The van der Waals surface area contributed by atoms with Crippen molar-refractivity contribution in [1.82, 2.24) is 4.72 Å². The van der Waals surface area contributed by atoms with Crippen molar-refractivity contribution in [3.05, 3.63) is 94.5 Å². The predicted molar refractivity (Wildman–Crippen MR) is 118 cm³/mol.